The minimum atomic E-state index is -5.01. The molecule has 0 aliphatic heterocycles. The van der Waals surface area contributed by atoms with Crippen LogP contribution in [0.2, 0.25) is 0 Å². The molecule has 0 amide bonds. The highest BCUT2D eigenvalue weighted by Gasteiger charge is 2.51. The van der Waals surface area contributed by atoms with Crippen LogP contribution in [0.3, 0.4) is 0 Å². The zero-order chi connectivity index (χ0) is 38.5. The summed E-state index contributed by atoms with van der Waals surface area (Å²) in [4.78, 5) is 23.0. The Bertz CT molecular complexity index is 921. The van der Waals surface area contributed by atoms with Gasteiger partial charge in [-0.05, 0) is 38.5 Å². The summed E-state index contributed by atoms with van der Waals surface area (Å²) in [5.41, 5.74) is 0. The van der Waals surface area contributed by atoms with Gasteiger partial charge in [0.25, 0.3) is 0 Å². The van der Waals surface area contributed by atoms with Gasteiger partial charge in [-0.1, -0.05) is 135 Å². The number of carbonyl (C=O) groups is 1. The predicted octanol–water partition coefficient (Wildman–Crippen LogP) is 7.19. The van der Waals surface area contributed by atoms with Crippen LogP contribution >= 0.6 is 7.82 Å². The summed E-state index contributed by atoms with van der Waals surface area (Å²) in [5.74, 6) is -0.485. The maximum Gasteiger partial charge on any atom is 0.472 e. The van der Waals surface area contributed by atoms with Crippen molar-refractivity contribution in [2.75, 3.05) is 19.8 Å². The van der Waals surface area contributed by atoms with Crippen molar-refractivity contribution in [3.8, 4) is 0 Å². The van der Waals surface area contributed by atoms with Gasteiger partial charge >= 0.3 is 13.8 Å². The lowest BCUT2D eigenvalue weighted by molar-refractivity contribution is -0.220. The molecule has 1 rings (SSSR count). The van der Waals surface area contributed by atoms with Crippen molar-refractivity contribution in [2.24, 2.45) is 0 Å². The SMILES string of the molecule is CCCCCCC/C=C\CCCCCCCC(=O)OC(COCCCCCCCCCCCCC)COP(=O)(O)OC1C(O)C(O)C(O)C(O)C1O. The number of unbranched alkanes of at least 4 members (excludes halogenated alkanes) is 20. The zero-order valence-corrected chi connectivity index (χ0v) is 33.3. The van der Waals surface area contributed by atoms with Crippen LogP contribution in [-0.4, -0.2) is 98.9 Å². The average molecular weight is 767 g/mol. The Hall–Kier alpha value is -0.920. The third-order valence-electron chi connectivity index (χ3n) is 9.64. The summed E-state index contributed by atoms with van der Waals surface area (Å²) in [6.45, 7) is 4.22. The Morgan fingerprint density at radius 1 is 0.596 bits per heavy atom. The number of carbonyl (C=O) groups excluding carboxylic acids is 1. The lowest BCUT2D eigenvalue weighted by Gasteiger charge is -2.41. The molecule has 0 heterocycles. The molecule has 1 aliphatic rings. The standard InChI is InChI=1S/C39H75O12P/c1-3-5-7-9-11-13-15-16-17-18-20-22-24-26-28-33(40)50-32(30-48-29-27-25-23-21-19-14-12-10-8-6-4-2)31-49-52(46,47)51-39-37(44)35(42)34(41)36(43)38(39)45/h15-16,32,34-39,41-45H,3-14,17-31H2,1-2H3,(H,46,47)/b16-15-. The van der Waals surface area contributed by atoms with Crippen molar-refractivity contribution in [3.05, 3.63) is 12.2 Å². The highest BCUT2D eigenvalue weighted by atomic mass is 31.2. The van der Waals surface area contributed by atoms with E-state index in [0.29, 0.717) is 13.0 Å². The molecule has 12 nitrogen and oxygen atoms in total. The van der Waals surface area contributed by atoms with E-state index in [1.165, 1.54) is 83.5 Å². The molecular weight excluding hydrogens is 691 g/mol. The Balaban J connectivity index is 2.46. The number of ether oxygens (including phenoxy) is 2. The van der Waals surface area contributed by atoms with E-state index in [0.717, 1.165) is 57.8 Å². The fourth-order valence-corrected chi connectivity index (χ4v) is 7.26. The van der Waals surface area contributed by atoms with Crippen LogP contribution < -0.4 is 0 Å². The van der Waals surface area contributed by atoms with E-state index in [1.807, 2.05) is 0 Å². The van der Waals surface area contributed by atoms with Gasteiger partial charge in [0.05, 0.1) is 13.2 Å². The van der Waals surface area contributed by atoms with E-state index < -0.39 is 63.1 Å². The Labute approximate surface area is 314 Å². The second kappa shape index (κ2) is 31.3. The van der Waals surface area contributed by atoms with Gasteiger partial charge in [-0.2, -0.15) is 0 Å². The lowest BCUT2D eigenvalue weighted by atomic mass is 9.85. The summed E-state index contributed by atoms with van der Waals surface area (Å²) in [6, 6.07) is 0. The molecule has 52 heavy (non-hydrogen) atoms. The number of allylic oxidation sites excluding steroid dienone is 2. The van der Waals surface area contributed by atoms with Crippen LogP contribution in [0.25, 0.3) is 0 Å². The van der Waals surface area contributed by atoms with Crippen LogP contribution in [0, 0.1) is 0 Å². The van der Waals surface area contributed by atoms with Gasteiger partial charge in [0.15, 0.2) is 0 Å². The summed E-state index contributed by atoms with van der Waals surface area (Å²) < 4.78 is 34.0. The van der Waals surface area contributed by atoms with Crippen molar-refractivity contribution < 1.29 is 58.3 Å². The van der Waals surface area contributed by atoms with Gasteiger partial charge in [0.1, 0.15) is 42.7 Å². The maximum atomic E-state index is 12.7. The zero-order valence-electron chi connectivity index (χ0n) is 32.4. The number of hydrogen-bond donors (Lipinski definition) is 6. The molecule has 308 valence electrons. The van der Waals surface area contributed by atoms with Crippen molar-refractivity contribution in [1.82, 2.24) is 0 Å². The number of phosphoric ester groups is 1. The molecule has 0 radical (unpaired) electrons. The van der Waals surface area contributed by atoms with Crippen molar-refractivity contribution in [1.29, 1.82) is 0 Å². The minimum absolute atomic E-state index is 0.0753. The molecule has 6 atom stereocenters. The smallest absolute Gasteiger partial charge is 0.457 e. The van der Waals surface area contributed by atoms with E-state index in [4.69, 9.17) is 18.5 Å². The second-order valence-electron chi connectivity index (χ2n) is 14.5. The predicted molar refractivity (Wildman–Crippen MR) is 203 cm³/mol. The van der Waals surface area contributed by atoms with Gasteiger partial charge in [-0.25, -0.2) is 4.57 Å². The molecule has 1 fully saturated rings. The molecule has 0 aromatic heterocycles. The van der Waals surface area contributed by atoms with Crippen molar-refractivity contribution >= 4 is 13.8 Å². The molecule has 0 bridgehead atoms. The number of hydrogen-bond acceptors (Lipinski definition) is 11. The molecule has 6 unspecified atom stereocenters. The van der Waals surface area contributed by atoms with Crippen LogP contribution in [0.5, 0.6) is 0 Å². The maximum absolute atomic E-state index is 12.7. The molecular formula is C39H75O12P. The van der Waals surface area contributed by atoms with Gasteiger partial charge in [-0.3, -0.25) is 13.8 Å². The highest BCUT2D eigenvalue weighted by Crippen LogP contribution is 2.47. The average Bonchev–Trinajstić information content (AvgIpc) is 3.12. The van der Waals surface area contributed by atoms with E-state index in [1.54, 1.807) is 0 Å². The van der Waals surface area contributed by atoms with Crippen LogP contribution in [-0.2, 0) is 27.9 Å². The topological polar surface area (TPSA) is 192 Å². The van der Waals surface area contributed by atoms with Gasteiger partial charge in [0.2, 0.25) is 0 Å². The Kier molecular flexibility index (Phi) is 29.6. The first-order valence-electron chi connectivity index (χ1n) is 20.5. The lowest BCUT2D eigenvalue weighted by Crippen LogP contribution is -2.64. The number of phosphoric acid groups is 1. The molecule has 0 saturated heterocycles. The molecule has 0 aromatic rings. The first-order chi connectivity index (χ1) is 25.0. The molecule has 1 saturated carbocycles. The third kappa shape index (κ3) is 23.8. The van der Waals surface area contributed by atoms with Crippen molar-refractivity contribution in [3.63, 3.8) is 0 Å². The summed E-state index contributed by atoms with van der Waals surface area (Å²) >= 11 is 0. The van der Waals surface area contributed by atoms with Gasteiger partial charge in [-0.15, -0.1) is 0 Å². The number of aliphatic hydroxyl groups is 5. The van der Waals surface area contributed by atoms with Crippen molar-refractivity contribution in [2.45, 2.75) is 211 Å². The molecule has 0 spiro atoms. The molecule has 13 heteroatoms. The summed E-state index contributed by atoms with van der Waals surface area (Å²) in [5, 5.41) is 50.0. The molecule has 1 aliphatic carbocycles. The fraction of sp³-hybridized carbons (Fsp3) is 0.923. The number of esters is 1. The van der Waals surface area contributed by atoms with E-state index in [-0.39, 0.29) is 13.0 Å². The monoisotopic (exact) mass is 766 g/mol. The highest BCUT2D eigenvalue weighted by molar-refractivity contribution is 7.47. The third-order valence-corrected chi connectivity index (χ3v) is 10.6. The Morgan fingerprint density at radius 3 is 1.52 bits per heavy atom. The number of rotatable bonds is 34. The second-order valence-corrected chi connectivity index (χ2v) is 15.9. The normalized spacial score (nSPS) is 23.9. The van der Waals surface area contributed by atoms with Gasteiger partial charge < -0.3 is 39.9 Å². The molecule has 6 N–H and O–H groups in total. The Morgan fingerprint density at radius 2 is 1.02 bits per heavy atom. The summed E-state index contributed by atoms with van der Waals surface area (Å²) in [6.07, 6.45) is 18.6. The van der Waals surface area contributed by atoms with E-state index >= 15 is 0 Å². The first-order valence-corrected chi connectivity index (χ1v) is 22.0. The van der Waals surface area contributed by atoms with Gasteiger partial charge in [0, 0.05) is 13.0 Å². The summed E-state index contributed by atoms with van der Waals surface area (Å²) in [7, 11) is -5.01. The number of aliphatic hydroxyl groups excluding tert-OH is 5. The van der Waals surface area contributed by atoms with E-state index in [2.05, 4.69) is 26.0 Å². The van der Waals surface area contributed by atoms with Crippen LogP contribution in [0.15, 0.2) is 12.2 Å². The largest absolute Gasteiger partial charge is 0.472 e. The first kappa shape index (κ1) is 49.1. The quantitative estimate of drug-likeness (QED) is 0.0167. The van der Waals surface area contributed by atoms with E-state index in [9.17, 15) is 39.8 Å². The molecule has 0 aromatic carbocycles. The fourth-order valence-electron chi connectivity index (χ4n) is 6.29. The minimum Gasteiger partial charge on any atom is -0.457 e. The van der Waals surface area contributed by atoms with Crippen LogP contribution in [0.1, 0.15) is 168 Å². The van der Waals surface area contributed by atoms with Crippen LogP contribution in [0.4, 0.5) is 0 Å².